The summed E-state index contributed by atoms with van der Waals surface area (Å²) >= 11 is 5.72. The monoisotopic (exact) mass is 241 g/mol. The zero-order valence-electron chi connectivity index (χ0n) is 8.61. The van der Waals surface area contributed by atoms with Gasteiger partial charge in [0, 0.05) is 23.4 Å². The number of thiol groups is 1. The summed E-state index contributed by atoms with van der Waals surface area (Å²) in [5.41, 5.74) is 0. The van der Waals surface area contributed by atoms with Crippen molar-refractivity contribution in [3.63, 3.8) is 0 Å². The first kappa shape index (κ1) is 11.0. The second-order valence-electron chi connectivity index (χ2n) is 3.88. The van der Waals surface area contributed by atoms with Gasteiger partial charge >= 0.3 is 0 Å². The molecule has 2 heterocycles. The van der Waals surface area contributed by atoms with Gasteiger partial charge in [0.1, 0.15) is 0 Å². The fourth-order valence-corrected chi connectivity index (χ4v) is 2.98. The maximum Gasteiger partial charge on any atom is 0.263 e. The van der Waals surface area contributed by atoms with E-state index in [9.17, 15) is 4.79 Å². The molecule has 0 unspecified atom stereocenters. The summed E-state index contributed by atoms with van der Waals surface area (Å²) in [6.45, 7) is 1.83. The number of hydrogen-bond acceptors (Lipinski definition) is 3. The first-order chi connectivity index (χ1) is 7.27. The Balaban J connectivity index is 2.06. The van der Waals surface area contributed by atoms with Gasteiger partial charge in [0.05, 0.1) is 4.88 Å². The van der Waals surface area contributed by atoms with Crippen molar-refractivity contribution in [2.75, 3.05) is 13.1 Å². The molecule has 0 aliphatic carbocycles. The van der Waals surface area contributed by atoms with E-state index in [-0.39, 0.29) is 5.91 Å². The van der Waals surface area contributed by atoms with E-state index in [2.05, 4.69) is 12.6 Å². The molecule has 1 fully saturated rings. The SMILES string of the molecule is O=C(c1cc(S)cs1)N1CCCCCC1. The number of rotatable bonds is 1. The van der Waals surface area contributed by atoms with Gasteiger partial charge in [-0.3, -0.25) is 4.79 Å². The molecule has 2 nitrogen and oxygen atoms in total. The summed E-state index contributed by atoms with van der Waals surface area (Å²) in [6, 6.07) is 1.86. The topological polar surface area (TPSA) is 20.3 Å². The standard InChI is InChI=1S/C11H15NOS2/c13-11(10-7-9(14)8-15-10)12-5-3-1-2-4-6-12/h7-8,14H,1-6H2. The average molecular weight is 241 g/mol. The molecular formula is C11H15NOS2. The highest BCUT2D eigenvalue weighted by atomic mass is 32.1. The van der Waals surface area contributed by atoms with E-state index in [1.54, 1.807) is 0 Å². The lowest BCUT2D eigenvalue weighted by Crippen LogP contribution is -2.31. The fraction of sp³-hybridized carbons (Fsp3) is 0.545. The third-order valence-electron chi connectivity index (χ3n) is 2.69. The lowest BCUT2D eigenvalue weighted by Gasteiger charge is -2.19. The van der Waals surface area contributed by atoms with Crippen LogP contribution in [0.2, 0.25) is 0 Å². The molecule has 4 heteroatoms. The minimum atomic E-state index is 0.183. The van der Waals surface area contributed by atoms with Gasteiger partial charge in [0.25, 0.3) is 5.91 Å². The maximum atomic E-state index is 12.1. The van der Waals surface area contributed by atoms with Crippen molar-refractivity contribution >= 4 is 29.9 Å². The van der Waals surface area contributed by atoms with Crippen molar-refractivity contribution < 1.29 is 4.79 Å². The Bertz CT molecular complexity index is 340. The highest BCUT2D eigenvalue weighted by Gasteiger charge is 2.18. The average Bonchev–Trinajstić information content (AvgIpc) is 2.53. The third kappa shape index (κ3) is 2.75. The van der Waals surface area contributed by atoms with Gasteiger partial charge in [-0.25, -0.2) is 0 Å². The van der Waals surface area contributed by atoms with Crippen LogP contribution in [0, 0.1) is 0 Å². The summed E-state index contributed by atoms with van der Waals surface area (Å²) in [7, 11) is 0. The predicted octanol–water partition coefficient (Wildman–Crippen LogP) is 3.05. The summed E-state index contributed by atoms with van der Waals surface area (Å²) in [4.78, 5) is 15.8. The molecule has 0 radical (unpaired) electrons. The number of amides is 1. The van der Waals surface area contributed by atoms with Crippen molar-refractivity contribution in [1.82, 2.24) is 4.90 Å². The van der Waals surface area contributed by atoms with Gasteiger partial charge < -0.3 is 4.90 Å². The minimum absolute atomic E-state index is 0.183. The number of carbonyl (C=O) groups excluding carboxylic acids is 1. The molecule has 0 bridgehead atoms. The van der Waals surface area contributed by atoms with E-state index in [1.807, 2.05) is 16.3 Å². The van der Waals surface area contributed by atoms with Crippen molar-refractivity contribution in [2.45, 2.75) is 30.6 Å². The van der Waals surface area contributed by atoms with Crippen molar-refractivity contribution in [3.8, 4) is 0 Å². The first-order valence-electron chi connectivity index (χ1n) is 5.34. The lowest BCUT2D eigenvalue weighted by atomic mass is 10.2. The summed E-state index contributed by atoms with van der Waals surface area (Å²) < 4.78 is 0. The largest absolute Gasteiger partial charge is 0.338 e. The molecule has 1 aromatic heterocycles. The van der Waals surface area contributed by atoms with Crippen LogP contribution in [0.5, 0.6) is 0 Å². The van der Waals surface area contributed by atoms with Crippen LogP contribution >= 0.6 is 24.0 Å². The maximum absolute atomic E-state index is 12.1. The van der Waals surface area contributed by atoms with E-state index in [0.29, 0.717) is 0 Å². The highest BCUT2D eigenvalue weighted by Crippen LogP contribution is 2.21. The normalized spacial score (nSPS) is 17.5. The van der Waals surface area contributed by atoms with Gasteiger partial charge in [-0.2, -0.15) is 0 Å². The predicted molar refractivity (Wildman–Crippen MR) is 65.9 cm³/mol. The van der Waals surface area contributed by atoms with E-state index in [4.69, 9.17) is 0 Å². The van der Waals surface area contributed by atoms with Crippen molar-refractivity contribution in [3.05, 3.63) is 16.3 Å². The van der Waals surface area contributed by atoms with Gasteiger partial charge in [-0.15, -0.1) is 24.0 Å². The van der Waals surface area contributed by atoms with Crippen molar-refractivity contribution in [1.29, 1.82) is 0 Å². The Morgan fingerprint density at radius 2 is 1.93 bits per heavy atom. The van der Waals surface area contributed by atoms with Crippen molar-refractivity contribution in [2.24, 2.45) is 0 Å². The quantitative estimate of drug-likeness (QED) is 0.749. The van der Waals surface area contributed by atoms with Gasteiger partial charge in [0.2, 0.25) is 0 Å². The Morgan fingerprint density at radius 3 is 2.47 bits per heavy atom. The van der Waals surface area contributed by atoms with Gasteiger partial charge in [-0.05, 0) is 18.9 Å². The zero-order valence-corrected chi connectivity index (χ0v) is 10.3. The summed E-state index contributed by atoms with van der Waals surface area (Å²) in [5.74, 6) is 0.183. The fourth-order valence-electron chi connectivity index (χ4n) is 1.87. The molecule has 1 amide bonds. The molecule has 0 atom stereocenters. The molecule has 1 aromatic rings. The number of nitrogens with zero attached hydrogens (tertiary/aromatic N) is 1. The second-order valence-corrected chi connectivity index (χ2v) is 5.30. The molecule has 1 saturated heterocycles. The number of thiophene rings is 1. The van der Waals surface area contributed by atoms with E-state index < -0.39 is 0 Å². The number of carbonyl (C=O) groups is 1. The van der Waals surface area contributed by atoms with Crippen LogP contribution in [0.25, 0.3) is 0 Å². The third-order valence-corrected chi connectivity index (χ3v) is 4.04. The Kier molecular flexibility index (Phi) is 3.70. The molecule has 1 aliphatic rings. The number of likely N-dealkylation sites (tertiary alicyclic amines) is 1. The lowest BCUT2D eigenvalue weighted by molar-refractivity contribution is 0.0766. The Hall–Kier alpha value is -0.480. The smallest absolute Gasteiger partial charge is 0.263 e. The van der Waals surface area contributed by atoms with Crippen LogP contribution in [-0.2, 0) is 0 Å². The zero-order chi connectivity index (χ0) is 10.7. The summed E-state index contributed by atoms with van der Waals surface area (Å²) in [5, 5.41) is 1.91. The molecule has 2 rings (SSSR count). The van der Waals surface area contributed by atoms with E-state index >= 15 is 0 Å². The van der Waals surface area contributed by atoms with Crippen LogP contribution in [0.15, 0.2) is 16.3 Å². The minimum Gasteiger partial charge on any atom is -0.338 e. The number of hydrogen-bond donors (Lipinski definition) is 1. The molecule has 0 aromatic carbocycles. The second kappa shape index (κ2) is 5.03. The molecular weight excluding hydrogens is 226 g/mol. The van der Waals surface area contributed by atoms with Crippen LogP contribution in [-0.4, -0.2) is 23.9 Å². The summed E-state index contributed by atoms with van der Waals surface area (Å²) in [6.07, 6.45) is 4.80. The van der Waals surface area contributed by atoms with Gasteiger partial charge in [0.15, 0.2) is 0 Å². The van der Waals surface area contributed by atoms with E-state index in [1.165, 1.54) is 24.2 Å². The van der Waals surface area contributed by atoms with Gasteiger partial charge in [-0.1, -0.05) is 12.8 Å². The Morgan fingerprint density at radius 1 is 1.27 bits per heavy atom. The molecule has 0 spiro atoms. The highest BCUT2D eigenvalue weighted by molar-refractivity contribution is 7.80. The molecule has 0 saturated carbocycles. The Labute approximate surface area is 99.7 Å². The van der Waals surface area contributed by atoms with Crippen LogP contribution in [0.4, 0.5) is 0 Å². The van der Waals surface area contributed by atoms with Crippen LogP contribution < -0.4 is 0 Å². The van der Waals surface area contributed by atoms with Crippen LogP contribution in [0.3, 0.4) is 0 Å². The van der Waals surface area contributed by atoms with E-state index in [0.717, 1.165) is 35.7 Å². The molecule has 0 N–H and O–H groups in total. The molecule has 82 valence electrons. The molecule has 1 aliphatic heterocycles. The first-order valence-corrected chi connectivity index (χ1v) is 6.67. The molecule has 15 heavy (non-hydrogen) atoms. The van der Waals surface area contributed by atoms with Crippen LogP contribution in [0.1, 0.15) is 35.4 Å².